The molecule has 2 amide bonds. The van der Waals surface area contributed by atoms with Crippen molar-refractivity contribution in [3.63, 3.8) is 0 Å². The van der Waals surface area contributed by atoms with Crippen LogP contribution in [0.5, 0.6) is 0 Å². The highest BCUT2D eigenvalue weighted by atomic mass is 32.2. The normalized spacial score (nSPS) is 19.9. The van der Waals surface area contributed by atoms with Crippen molar-refractivity contribution in [3.05, 3.63) is 46.2 Å². The van der Waals surface area contributed by atoms with Crippen molar-refractivity contribution >= 4 is 33.5 Å². The van der Waals surface area contributed by atoms with Gasteiger partial charge in [0, 0.05) is 80.6 Å². The molecule has 2 aliphatic rings. The lowest BCUT2D eigenvalue weighted by Crippen LogP contribution is -2.48. The van der Waals surface area contributed by atoms with Gasteiger partial charge in [0.2, 0.25) is 5.91 Å². The molecule has 0 spiro atoms. The molecule has 42 heavy (non-hydrogen) atoms. The molecule has 234 valence electrons. The maximum Gasteiger partial charge on any atom is 0.264 e. The standard InChI is InChI=1S/C18H35N3O3S.C13H14N2O2/c1-15(22)20(10-9-19(2)11-12-25(3)24)13-18(23)14-21-16-5-4-6-17(21)8-7-16;1-8(2)15-11-6-4-3-5-9(11)7-10(12(14)16)13(15)17/h16-18,23H,4-14H2,1-3H3;3-8H,1-2H3,(H2,14,16)/t16-,17+,18?,25?;. The summed E-state index contributed by atoms with van der Waals surface area (Å²) in [6, 6.07) is 10.3. The topological polar surface area (TPSA) is 129 Å². The predicted molar refractivity (Wildman–Crippen MR) is 169 cm³/mol. The first-order chi connectivity index (χ1) is 19.9. The van der Waals surface area contributed by atoms with Crippen molar-refractivity contribution < 1.29 is 18.9 Å². The second kappa shape index (κ2) is 15.7. The molecule has 11 heteroatoms. The summed E-state index contributed by atoms with van der Waals surface area (Å²) in [5, 5.41) is 11.4. The number of para-hydroxylation sites is 1. The molecule has 1 aromatic carbocycles. The monoisotopic (exact) mass is 603 g/mol. The van der Waals surface area contributed by atoms with E-state index in [4.69, 9.17) is 5.73 Å². The van der Waals surface area contributed by atoms with Crippen molar-refractivity contribution in [2.45, 2.75) is 77.1 Å². The molecule has 2 unspecified atom stereocenters. The average Bonchev–Trinajstić information content (AvgIpc) is 3.13. The van der Waals surface area contributed by atoms with Gasteiger partial charge in [0.1, 0.15) is 5.56 Å². The first-order valence-electron chi connectivity index (χ1n) is 15.0. The van der Waals surface area contributed by atoms with Crippen LogP contribution in [0, 0.1) is 0 Å². The molecule has 3 heterocycles. The number of rotatable bonds is 12. The fourth-order valence-electron chi connectivity index (χ4n) is 6.12. The van der Waals surface area contributed by atoms with Crippen LogP contribution >= 0.6 is 0 Å². The number of primary amides is 1. The number of aliphatic hydroxyl groups excluding tert-OH is 1. The van der Waals surface area contributed by atoms with Crippen LogP contribution in [0.3, 0.4) is 0 Å². The number of likely N-dealkylation sites (N-methyl/N-ethyl adjacent to an activating group) is 1. The number of pyridine rings is 1. The van der Waals surface area contributed by atoms with Crippen LogP contribution in [0.2, 0.25) is 0 Å². The third kappa shape index (κ3) is 9.20. The van der Waals surface area contributed by atoms with Gasteiger partial charge in [-0.1, -0.05) is 24.6 Å². The molecular weight excluding hydrogens is 554 g/mol. The lowest BCUT2D eigenvalue weighted by Gasteiger charge is -2.37. The van der Waals surface area contributed by atoms with E-state index in [1.165, 1.54) is 32.1 Å². The lowest BCUT2D eigenvalue weighted by atomic mass is 10.0. The van der Waals surface area contributed by atoms with Crippen LogP contribution in [0.4, 0.5) is 0 Å². The molecular formula is C31H49N5O5S. The summed E-state index contributed by atoms with van der Waals surface area (Å²) >= 11 is 0. The smallest absolute Gasteiger partial charge is 0.264 e. The molecule has 4 rings (SSSR count). The van der Waals surface area contributed by atoms with E-state index < -0.39 is 22.8 Å². The van der Waals surface area contributed by atoms with Gasteiger partial charge in [-0.05, 0) is 64.1 Å². The van der Waals surface area contributed by atoms with Gasteiger partial charge in [0.15, 0.2) is 0 Å². The summed E-state index contributed by atoms with van der Waals surface area (Å²) < 4.78 is 12.8. The molecule has 2 saturated heterocycles. The Kier molecular flexibility index (Phi) is 12.7. The number of nitrogens with zero attached hydrogens (tertiary/aromatic N) is 4. The predicted octanol–water partition coefficient (Wildman–Crippen LogP) is 2.20. The zero-order valence-electron chi connectivity index (χ0n) is 25.8. The molecule has 1 aromatic heterocycles. The largest absolute Gasteiger partial charge is 0.390 e. The number of hydrogen-bond donors (Lipinski definition) is 2. The van der Waals surface area contributed by atoms with E-state index in [1.807, 2.05) is 45.2 Å². The summed E-state index contributed by atoms with van der Waals surface area (Å²) in [7, 11) is 1.19. The van der Waals surface area contributed by atoms with E-state index >= 15 is 0 Å². The van der Waals surface area contributed by atoms with Crippen molar-refractivity contribution in [3.8, 4) is 0 Å². The number of carbonyl (C=O) groups excluding carboxylic acids is 2. The number of aliphatic hydroxyl groups is 1. The summed E-state index contributed by atoms with van der Waals surface area (Å²) in [6.45, 7) is 8.55. The fraction of sp³-hybridized carbons (Fsp3) is 0.645. The van der Waals surface area contributed by atoms with Gasteiger partial charge < -0.3 is 25.2 Å². The highest BCUT2D eigenvalue weighted by Crippen LogP contribution is 2.35. The second-order valence-electron chi connectivity index (χ2n) is 12.0. The number of fused-ring (bicyclic) bond motifs is 3. The maximum absolute atomic E-state index is 12.1. The number of aromatic nitrogens is 1. The van der Waals surface area contributed by atoms with Gasteiger partial charge in [-0.3, -0.25) is 23.5 Å². The van der Waals surface area contributed by atoms with E-state index in [9.17, 15) is 23.7 Å². The van der Waals surface area contributed by atoms with E-state index in [-0.39, 0.29) is 23.1 Å². The van der Waals surface area contributed by atoms with Crippen molar-refractivity contribution in [1.29, 1.82) is 0 Å². The van der Waals surface area contributed by atoms with Crippen LogP contribution < -0.4 is 11.3 Å². The van der Waals surface area contributed by atoms with E-state index in [1.54, 1.807) is 28.7 Å². The quantitative estimate of drug-likeness (QED) is 0.381. The van der Waals surface area contributed by atoms with Gasteiger partial charge >= 0.3 is 0 Å². The van der Waals surface area contributed by atoms with Gasteiger partial charge in [-0.2, -0.15) is 0 Å². The number of carbonyl (C=O) groups is 2. The van der Waals surface area contributed by atoms with Crippen LogP contribution in [0.1, 0.15) is 69.3 Å². The minimum atomic E-state index is -0.792. The lowest BCUT2D eigenvalue weighted by molar-refractivity contribution is -0.130. The number of benzene rings is 1. The third-order valence-corrected chi connectivity index (χ3v) is 9.14. The fourth-order valence-corrected chi connectivity index (χ4v) is 6.69. The molecule has 2 aromatic rings. The Hall–Kier alpha value is -2.60. The number of amides is 2. The number of piperidine rings is 1. The molecule has 2 fully saturated rings. The Labute approximate surface area is 252 Å². The first-order valence-corrected chi connectivity index (χ1v) is 16.7. The highest BCUT2D eigenvalue weighted by Gasteiger charge is 2.37. The third-order valence-electron chi connectivity index (χ3n) is 8.38. The highest BCUT2D eigenvalue weighted by molar-refractivity contribution is 7.84. The van der Waals surface area contributed by atoms with Crippen molar-refractivity contribution in [2.75, 3.05) is 51.8 Å². The molecule has 3 N–H and O–H groups in total. The summed E-state index contributed by atoms with van der Waals surface area (Å²) in [6.07, 6.45) is 7.57. The maximum atomic E-state index is 12.1. The Morgan fingerprint density at radius 3 is 2.31 bits per heavy atom. The minimum Gasteiger partial charge on any atom is -0.390 e. The van der Waals surface area contributed by atoms with E-state index in [0.717, 1.165) is 24.0 Å². The molecule has 10 nitrogen and oxygen atoms in total. The van der Waals surface area contributed by atoms with Gasteiger partial charge in [0.05, 0.1) is 11.6 Å². The minimum absolute atomic E-state index is 0.00753. The zero-order chi connectivity index (χ0) is 31.0. The molecule has 0 radical (unpaired) electrons. The molecule has 2 bridgehead atoms. The van der Waals surface area contributed by atoms with Gasteiger partial charge in [-0.15, -0.1) is 0 Å². The molecule has 4 atom stereocenters. The molecule has 0 aliphatic carbocycles. The Morgan fingerprint density at radius 2 is 1.74 bits per heavy atom. The number of hydrogen-bond acceptors (Lipinski definition) is 7. The van der Waals surface area contributed by atoms with Gasteiger partial charge in [0.25, 0.3) is 11.5 Å². The van der Waals surface area contributed by atoms with Crippen LogP contribution in [-0.4, -0.2) is 110 Å². The Morgan fingerprint density at radius 1 is 1.10 bits per heavy atom. The molecule has 2 aliphatic heterocycles. The van der Waals surface area contributed by atoms with Crippen LogP contribution in [0.25, 0.3) is 10.9 Å². The Balaban J connectivity index is 0.000000247. The molecule has 0 saturated carbocycles. The summed E-state index contributed by atoms with van der Waals surface area (Å²) in [4.78, 5) is 41.6. The van der Waals surface area contributed by atoms with Crippen molar-refractivity contribution in [1.82, 2.24) is 19.3 Å². The summed E-state index contributed by atoms with van der Waals surface area (Å²) in [5.41, 5.74) is 5.75. The van der Waals surface area contributed by atoms with E-state index in [2.05, 4.69) is 9.80 Å². The van der Waals surface area contributed by atoms with Crippen LogP contribution in [-0.2, 0) is 15.6 Å². The zero-order valence-corrected chi connectivity index (χ0v) is 26.6. The SMILES string of the molecule is CC(=O)N(CCN(C)CCS(C)=O)CC(O)CN1[C@@H]2CCC[C@H]1CC2.CC(C)n1c(=O)c(C(N)=O)cc2ccccc21. The first kappa shape index (κ1) is 33.9. The average molecular weight is 604 g/mol. The van der Waals surface area contributed by atoms with Crippen molar-refractivity contribution in [2.24, 2.45) is 5.73 Å². The van der Waals surface area contributed by atoms with Crippen LogP contribution in [0.15, 0.2) is 35.1 Å². The second-order valence-corrected chi connectivity index (χ2v) is 13.5. The van der Waals surface area contributed by atoms with E-state index in [0.29, 0.717) is 37.5 Å². The van der Waals surface area contributed by atoms with Gasteiger partial charge in [-0.25, -0.2) is 0 Å². The number of nitrogens with two attached hydrogens (primary N) is 1. The summed E-state index contributed by atoms with van der Waals surface area (Å²) in [5.74, 6) is -0.0278. The Bertz CT molecular complexity index is 1280.